The second-order valence-electron chi connectivity index (χ2n) is 5.51. The summed E-state index contributed by atoms with van der Waals surface area (Å²) in [5, 5.41) is 19.5. The molecule has 0 spiro atoms. The van der Waals surface area contributed by atoms with Gasteiger partial charge in [-0.15, -0.1) is 0 Å². The standard InChI is InChI=1S/C13H24O2/c14-12-6-2-1-4-10(8-12)11-5-3-7-13(15)9-11/h10-15H,1-9H2. The Balaban J connectivity index is 1.89. The van der Waals surface area contributed by atoms with Crippen LogP contribution in [0.15, 0.2) is 0 Å². The molecule has 4 unspecified atom stereocenters. The lowest BCUT2D eigenvalue weighted by Crippen LogP contribution is -2.27. The van der Waals surface area contributed by atoms with E-state index in [-0.39, 0.29) is 12.2 Å². The Labute approximate surface area is 92.7 Å². The van der Waals surface area contributed by atoms with Gasteiger partial charge in [0.05, 0.1) is 12.2 Å². The molecule has 88 valence electrons. The smallest absolute Gasteiger partial charge is 0.0543 e. The van der Waals surface area contributed by atoms with E-state index in [2.05, 4.69) is 0 Å². The molecule has 0 saturated heterocycles. The van der Waals surface area contributed by atoms with Crippen LogP contribution >= 0.6 is 0 Å². The first-order valence-electron chi connectivity index (χ1n) is 6.62. The summed E-state index contributed by atoms with van der Waals surface area (Å²) in [4.78, 5) is 0. The Morgan fingerprint density at radius 1 is 0.600 bits per heavy atom. The summed E-state index contributed by atoms with van der Waals surface area (Å²) < 4.78 is 0. The molecule has 0 amide bonds. The van der Waals surface area contributed by atoms with Crippen molar-refractivity contribution in [2.45, 2.75) is 70.0 Å². The molecule has 2 aliphatic rings. The molecule has 4 atom stereocenters. The van der Waals surface area contributed by atoms with E-state index in [1.165, 1.54) is 32.1 Å². The van der Waals surface area contributed by atoms with E-state index in [1.807, 2.05) is 0 Å². The van der Waals surface area contributed by atoms with Crippen LogP contribution in [0.5, 0.6) is 0 Å². The van der Waals surface area contributed by atoms with Gasteiger partial charge in [0.1, 0.15) is 0 Å². The molecular weight excluding hydrogens is 188 g/mol. The van der Waals surface area contributed by atoms with Crippen molar-refractivity contribution in [2.75, 3.05) is 0 Å². The summed E-state index contributed by atoms with van der Waals surface area (Å²) in [6.45, 7) is 0. The third-order valence-electron chi connectivity index (χ3n) is 4.29. The van der Waals surface area contributed by atoms with Crippen molar-refractivity contribution in [3.8, 4) is 0 Å². The van der Waals surface area contributed by atoms with E-state index in [0.29, 0.717) is 11.8 Å². The van der Waals surface area contributed by atoms with Gasteiger partial charge in [-0.1, -0.05) is 25.7 Å². The molecule has 0 aromatic rings. The minimum absolute atomic E-state index is 0.0656. The molecule has 2 nitrogen and oxygen atoms in total. The van der Waals surface area contributed by atoms with E-state index in [1.54, 1.807) is 0 Å². The van der Waals surface area contributed by atoms with Gasteiger partial charge in [0.25, 0.3) is 0 Å². The van der Waals surface area contributed by atoms with Crippen LogP contribution in [0.3, 0.4) is 0 Å². The normalized spacial score (nSPS) is 43.6. The van der Waals surface area contributed by atoms with Crippen LogP contribution < -0.4 is 0 Å². The molecule has 2 fully saturated rings. The monoisotopic (exact) mass is 212 g/mol. The van der Waals surface area contributed by atoms with Crippen LogP contribution in [0.2, 0.25) is 0 Å². The molecule has 0 radical (unpaired) electrons. The summed E-state index contributed by atoms with van der Waals surface area (Å²) in [6, 6.07) is 0. The van der Waals surface area contributed by atoms with Crippen molar-refractivity contribution in [1.82, 2.24) is 0 Å². The average molecular weight is 212 g/mol. The lowest BCUT2D eigenvalue weighted by atomic mass is 9.75. The maximum Gasteiger partial charge on any atom is 0.0543 e. The Morgan fingerprint density at radius 2 is 1.07 bits per heavy atom. The zero-order valence-electron chi connectivity index (χ0n) is 9.57. The topological polar surface area (TPSA) is 40.5 Å². The number of aliphatic hydroxyl groups is 2. The maximum absolute atomic E-state index is 9.79. The summed E-state index contributed by atoms with van der Waals surface area (Å²) in [5.41, 5.74) is 0. The van der Waals surface area contributed by atoms with Crippen LogP contribution in [-0.4, -0.2) is 22.4 Å². The molecule has 0 bridgehead atoms. The fraction of sp³-hybridized carbons (Fsp3) is 1.00. The minimum atomic E-state index is -0.0726. The first kappa shape index (κ1) is 11.4. The predicted octanol–water partition coefficient (Wildman–Crippen LogP) is 2.48. The van der Waals surface area contributed by atoms with Gasteiger partial charge < -0.3 is 10.2 Å². The highest BCUT2D eigenvalue weighted by molar-refractivity contribution is 4.81. The summed E-state index contributed by atoms with van der Waals surface area (Å²) in [5.74, 6) is 1.36. The number of hydrogen-bond acceptors (Lipinski definition) is 2. The van der Waals surface area contributed by atoms with E-state index in [9.17, 15) is 10.2 Å². The Morgan fingerprint density at radius 3 is 1.73 bits per heavy atom. The molecule has 2 N–H and O–H groups in total. The quantitative estimate of drug-likeness (QED) is 0.656. The molecule has 2 saturated carbocycles. The van der Waals surface area contributed by atoms with Crippen LogP contribution in [0.25, 0.3) is 0 Å². The van der Waals surface area contributed by atoms with Gasteiger partial charge in [0.15, 0.2) is 0 Å². The fourth-order valence-electron chi connectivity index (χ4n) is 3.43. The molecule has 0 aromatic heterocycles. The zero-order chi connectivity index (χ0) is 10.7. The number of rotatable bonds is 1. The highest BCUT2D eigenvalue weighted by atomic mass is 16.3. The molecule has 2 heteroatoms. The molecule has 0 aromatic carbocycles. The molecular formula is C13H24O2. The largest absolute Gasteiger partial charge is 0.393 e. The van der Waals surface area contributed by atoms with Crippen molar-refractivity contribution >= 4 is 0 Å². The van der Waals surface area contributed by atoms with E-state index < -0.39 is 0 Å². The molecule has 15 heavy (non-hydrogen) atoms. The fourth-order valence-corrected chi connectivity index (χ4v) is 3.43. The highest BCUT2D eigenvalue weighted by Crippen LogP contribution is 2.37. The second kappa shape index (κ2) is 5.31. The van der Waals surface area contributed by atoms with Crippen molar-refractivity contribution in [2.24, 2.45) is 11.8 Å². The predicted molar refractivity (Wildman–Crippen MR) is 60.5 cm³/mol. The first-order chi connectivity index (χ1) is 7.25. The van der Waals surface area contributed by atoms with Crippen LogP contribution in [0.1, 0.15) is 57.8 Å². The van der Waals surface area contributed by atoms with Gasteiger partial charge in [-0.3, -0.25) is 0 Å². The van der Waals surface area contributed by atoms with Crippen LogP contribution in [0, 0.1) is 11.8 Å². The lowest BCUT2D eigenvalue weighted by Gasteiger charge is -2.32. The lowest BCUT2D eigenvalue weighted by molar-refractivity contribution is 0.0596. The molecule has 2 aliphatic carbocycles. The van der Waals surface area contributed by atoms with Crippen molar-refractivity contribution in [1.29, 1.82) is 0 Å². The van der Waals surface area contributed by atoms with Gasteiger partial charge in [-0.25, -0.2) is 0 Å². The Bertz CT molecular complexity index is 193. The first-order valence-corrected chi connectivity index (χ1v) is 6.62. The Kier molecular flexibility index (Phi) is 4.04. The van der Waals surface area contributed by atoms with Gasteiger partial charge in [0.2, 0.25) is 0 Å². The average Bonchev–Trinajstić information content (AvgIpc) is 2.43. The minimum Gasteiger partial charge on any atom is -0.393 e. The molecule has 0 heterocycles. The SMILES string of the molecule is OC1CCCCC(C2CCCC(O)C2)C1. The van der Waals surface area contributed by atoms with E-state index >= 15 is 0 Å². The summed E-state index contributed by atoms with van der Waals surface area (Å²) in [6.07, 6.45) is 10.00. The number of hydrogen-bond donors (Lipinski definition) is 2. The summed E-state index contributed by atoms with van der Waals surface area (Å²) in [7, 11) is 0. The third kappa shape index (κ3) is 3.18. The van der Waals surface area contributed by atoms with Crippen molar-refractivity contribution in [3.05, 3.63) is 0 Å². The molecule has 2 rings (SSSR count). The third-order valence-corrected chi connectivity index (χ3v) is 4.29. The van der Waals surface area contributed by atoms with Gasteiger partial charge in [-0.05, 0) is 43.9 Å². The maximum atomic E-state index is 9.79. The Hall–Kier alpha value is -0.0800. The van der Waals surface area contributed by atoms with E-state index in [4.69, 9.17) is 0 Å². The van der Waals surface area contributed by atoms with E-state index in [0.717, 1.165) is 25.7 Å². The van der Waals surface area contributed by atoms with Crippen molar-refractivity contribution in [3.63, 3.8) is 0 Å². The van der Waals surface area contributed by atoms with Gasteiger partial charge in [0, 0.05) is 0 Å². The van der Waals surface area contributed by atoms with Crippen LogP contribution in [0.4, 0.5) is 0 Å². The molecule has 0 aliphatic heterocycles. The summed E-state index contributed by atoms with van der Waals surface area (Å²) >= 11 is 0. The zero-order valence-corrected chi connectivity index (χ0v) is 9.57. The van der Waals surface area contributed by atoms with Crippen LogP contribution in [-0.2, 0) is 0 Å². The van der Waals surface area contributed by atoms with Gasteiger partial charge in [-0.2, -0.15) is 0 Å². The van der Waals surface area contributed by atoms with Crippen molar-refractivity contribution < 1.29 is 10.2 Å². The van der Waals surface area contributed by atoms with Gasteiger partial charge >= 0.3 is 0 Å². The second-order valence-corrected chi connectivity index (χ2v) is 5.51. The number of aliphatic hydroxyl groups excluding tert-OH is 2. The highest BCUT2D eigenvalue weighted by Gasteiger charge is 2.29.